The highest BCUT2D eigenvalue weighted by molar-refractivity contribution is 5.83. The van der Waals surface area contributed by atoms with Gasteiger partial charge in [0, 0.05) is 6.54 Å². The number of primary amides is 1. The number of nitrogens with zero attached hydrogens (tertiary/aromatic N) is 5. The molecule has 98 valence electrons. The third kappa shape index (κ3) is 2.03. The van der Waals surface area contributed by atoms with Crippen LogP contribution >= 0.6 is 0 Å². The van der Waals surface area contributed by atoms with Crippen LogP contribution in [0.3, 0.4) is 0 Å². The van der Waals surface area contributed by atoms with Crippen molar-refractivity contribution in [1.82, 2.24) is 20.2 Å². The number of carbonyl (C=O) groups is 1. The van der Waals surface area contributed by atoms with E-state index in [-0.39, 0.29) is 11.9 Å². The molecule has 1 saturated heterocycles. The van der Waals surface area contributed by atoms with E-state index in [4.69, 9.17) is 5.73 Å². The summed E-state index contributed by atoms with van der Waals surface area (Å²) in [5.74, 6) is 0.229. The second kappa shape index (κ2) is 4.68. The van der Waals surface area contributed by atoms with Crippen LogP contribution in [0.1, 0.15) is 12.8 Å². The van der Waals surface area contributed by atoms with Crippen LogP contribution in [0, 0.1) is 0 Å². The van der Waals surface area contributed by atoms with Crippen molar-refractivity contribution < 1.29 is 4.79 Å². The minimum absolute atomic E-state index is 0.325. The van der Waals surface area contributed by atoms with Gasteiger partial charge in [0.05, 0.1) is 5.69 Å². The number of para-hydroxylation sites is 1. The van der Waals surface area contributed by atoms with Gasteiger partial charge in [0.2, 0.25) is 5.91 Å². The Labute approximate surface area is 110 Å². The fourth-order valence-corrected chi connectivity index (χ4v) is 2.40. The van der Waals surface area contributed by atoms with Gasteiger partial charge >= 0.3 is 0 Å². The Bertz CT molecular complexity index is 581. The van der Waals surface area contributed by atoms with Gasteiger partial charge in [-0.1, -0.05) is 23.3 Å². The lowest BCUT2D eigenvalue weighted by atomic mass is 10.2. The summed E-state index contributed by atoms with van der Waals surface area (Å²) in [5, 5.41) is 11.7. The lowest BCUT2D eigenvalue weighted by Gasteiger charge is -2.22. The SMILES string of the molecule is NC(=O)[C@H]1CCCN1c1nnnn1-c1ccccc1. The van der Waals surface area contributed by atoms with Crippen molar-refractivity contribution >= 4 is 11.9 Å². The maximum absolute atomic E-state index is 11.5. The first-order valence-electron chi connectivity index (χ1n) is 6.17. The number of benzene rings is 1. The maximum atomic E-state index is 11.5. The molecule has 1 fully saturated rings. The van der Waals surface area contributed by atoms with Crippen molar-refractivity contribution in [1.29, 1.82) is 0 Å². The van der Waals surface area contributed by atoms with Crippen molar-refractivity contribution in [3.63, 3.8) is 0 Å². The predicted molar refractivity (Wildman–Crippen MR) is 68.7 cm³/mol. The number of carbonyl (C=O) groups excluding carboxylic acids is 1. The van der Waals surface area contributed by atoms with Gasteiger partial charge in [0.25, 0.3) is 5.95 Å². The molecule has 0 aliphatic carbocycles. The average molecular weight is 258 g/mol. The van der Waals surface area contributed by atoms with E-state index in [2.05, 4.69) is 15.5 Å². The largest absolute Gasteiger partial charge is 0.368 e. The van der Waals surface area contributed by atoms with Crippen LogP contribution in [0.15, 0.2) is 30.3 Å². The summed E-state index contributed by atoms with van der Waals surface area (Å²) in [5.41, 5.74) is 6.28. The van der Waals surface area contributed by atoms with Gasteiger partial charge in [0.1, 0.15) is 6.04 Å². The molecule has 1 atom stereocenters. The second-order valence-corrected chi connectivity index (χ2v) is 4.48. The standard InChI is InChI=1S/C12H14N6O/c13-11(19)10-7-4-8-17(10)12-14-15-16-18(12)9-5-2-1-3-6-9/h1-3,5-6,10H,4,7-8H2,(H2,13,19)/t10-/m1/s1. The highest BCUT2D eigenvalue weighted by Gasteiger charge is 2.32. The van der Waals surface area contributed by atoms with E-state index in [0.29, 0.717) is 5.95 Å². The minimum atomic E-state index is -0.333. The molecule has 1 aliphatic rings. The van der Waals surface area contributed by atoms with Crippen LogP contribution in [0.2, 0.25) is 0 Å². The first-order valence-corrected chi connectivity index (χ1v) is 6.17. The Morgan fingerprint density at radius 3 is 2.84 bits per heavy atom. The van der Waals surface area contributed by atoms with Crippen LogP contribution in [0.25, 0.3) is 5.69 Å². The Balaban J connectivity index is 1.99. The number of hydrogen-bond donors (Lipinski definition) is 1. The number of hydrogen-bond acceptors (Lipinski definition) is 5. The van der Waals surface area contributed by atoms with Gasteiger partial charge < -0.3 is 10.6 Å². The lowest BCUT2D eigenvalue weighted by Crippen LogP contribution is -2.41. The number of amides is 1. The fourth-order valence-electron chi connectivity index (χ4n) is 2.40. The van der Waals surface area contributed by atoms with Crippen molar-refractivity contribution in [3.05, 3.63) is 30.3 Å². The predicted octanol–water partition coefficient (Wildman–Crippen LogP) is 0.116. The molecule has 0 radical (unpaired) electrons. The third-order valence-corrected chi connectivity index (χ3v) is 3.29. The summed E-state index contributed by atoms with van der Waals surface area (Å²) in [6, 6.07) is 9.25. The molecule has 0 saturated carbocycles. The molecular formula is C12H14N6O. The topological polar surface area (TPSA) is 89.9 Å². The van der Waals surface area contributed by atoms with E-state index in [1.54, 1.807) is 4.68 Å². The van der Waals surface area contributed by atoms with Gasteiger partial charge in [-0.05, 0) is 35.4 Å². The molecule has 1 aliphatic heterocycles. The maximum Gasteiger partial charge on any atom is 0.251 e. The molecule has 0 spiro atoms. The lowest BCUT2D eigenvalue weighted by molar-refractivity contribution is -0.119. The molecule has 0 bridgehead atoms. The summed E-state index contributed by atoms with van der Waals surface area (Å²) >= 11 is 0. The van der Waals surface area contributed by atoms with Gasteiger partial charge in [-0.2, -0.15) is 4.68 Å². The van der Waals surface area contributed by atoms with E-state index in [1.165, 1.54) is 0 Å². The van der Waals surface area contributed by atoms with Crippen LogP contribution in [-0.4, -0.2) is 38.7 Å². The van der Waals surface area contributed by atoms with E-state index in [1.807, 2.05) is 35.2 Å². The summed E-state index contributed by atoms with van der Waals surface area (Å²) in [6.45, 7) is 0.737. The molecule has 3 rings (SSSR count). The molecule has 1 aromatic heterocycles. The Morgan fingerprint density at radius 1 is 1.32 bits per heavy atom. The quantitative estimate of drug-likeness (QED) is 0.844. The van der Waals surface area contributed by atoms with Crippen molar-refractivity contribution in [3.8, 4) is 5.69 Å². The van der Waals surface area contributed by atoms with E-state index >= 15 is 0 Å². The zero-order chi connectivity index (χ0) is 13.2. The molecule has 2 aromatic rings. The monoisotopic (exact) mass is 258 g/mol. The summed E-state index contributed by atoms with van der Waals surface area (Å²) in [4.78, 5) is 13.3. The molecule has 7 nitrogen and oxygen atoms in total. The van der Waals surface area contributed by atoms with Crippen molar-refractivity contribution in [2.45, 2.75) is 18.9 Å². The number of anilines is 1. The van der Waals surface area contributed by atoms with Gasteiger partial charge in [-0.3, -0.25) is 4.79 Å². The Morgan fingerprint density at radius 2 is 2.11 bits per heavy atom. The molecule has 2 heterocycles. The van der Waals surface area contributed by atoms with E-state index in [0.717, 1.165) is 25.1 Å². The van der Waals surface area contributed by atoms with Gasteiger partial charge in [-0.25, -0.2) is 0 Å². The zero-order valence-corrected chi connectivity index (χ0v) is 10.3. The van der Waals surface area contributed by atoms with Gasteiger partial charge in [-0.15, -0.1) is 0 Å². The minimum Gasteiger partial charge on any atom is -0.368 e. The number of aromatic nitrogens is 4. The Hall–Kier alpha value is -2.44. The molecular weight excluding hydrogens is 244 g/mol. The molecule has 1 aromatic carbocycles. The van der Waals surface area contributed by atoms with Gasteiger partial charge in [0.15, 0.2) is 0 Å². The van der Waals surface area contributed by atoms with E-state index < -0.39 is 0 Å². The van der Waals surface area contributed by atoms with Crippen molar-refractivity contribution in [2.75, 3.05) is 11.4 Å². The fraction of sp³-hybridized carbons (Fsp3) is 0.333. The van der Waals surface area contributed by atoms with Crippen molar-refractivity contribution in [2.24, 2.45) is 5.73 Å². The molecule has 19 heavy (non-hydrogen) atoms. The second-order valence-electron chi connectivity index (χ2n) is 4.48. The zero-order valence-electron chi connectivity index (χ0n) is 10.3. The third-order valence-electron chi connectivity index (χ3n) is 3.29. The van der Waals surface area contributed by atoms with Crippen LogP contribution in [-0.2, 0) is 4.79 Å². The highest BCUT2D eigenvalue weighted by Crippen LogP contribution is 2.24. The number of nitrogens with two attached hydrogens (primary N) is 1. The normalized spacial score (nSPS) is 18.7. The molecule has 0 unspecified atom stereocenters. The number of rotatable bonds is 3. The summed E-state index contributed by atoms with van der Waals surface area (Å²) < 4.78 is 1.63. The highest BCUT2D eigenvalue weighted by atomic mass is 16.1. The van der Waals surface area contributed by atoms with Crippen LogP contribution in [0.4, 0.5) is 5.95 Å². The molecule has 1 amide bonds. The first-order chi connectivity index (χ1) is 9.27. The first kappa shape index (κ1) is 11.6. The van der Waals surface area contributed by atoms with E-state index in [9.17, 15) is 4.79 Å². The molecule has 7 heteroatoms. The summed E-state index contributed by atoms with van der Waals surface area (Å²) in [6.07, 6.45) is 1.66. The van der Waals surface area contributed by atoms with Crippen LogP contribution < -0.4 is 10.6 Å². The molecule has 2 N–H and O–H groups in total. The Kier molecular flexibility index (Phi) is 2.86. The smallest absolute Gasteiger partial charge is 0.251 e. The number of tetrazole rings is 1. The average Bonchev–Trinajstić information content (AvgIpc) is 3.08. The van der Waals surface area contributed by atoms with Crippen LogP contribution in [0.5, 0.6) is 0 Å². The summed E-state index contributed by atoms with van der Waals surface area (Å²) in [7, 11) is 0.